The van der Waals surface area contributed by atoms with Crippen LogP contribution in [0.15, 0.2) is 24.1 Å². The molecule has 1 fully saturated rings. The maximum absolute atomic E-state index is 12.5. The second-order valence-electron chi connectivity index (χ2n) is 4.66. The predicted octanol–water partition coefficient (Wildman–Crippen LogP) is 2.65. The van der Waals surface area contributed by atoms with E-state index >= 15 is 0 Å². The first-order chi connectivity index (χ1) is 9.58. The molecular formula is C14H17ClN2O2S. The first kappa shape index (κ1) is 15.1. The summed E-state index contributed by atoms with van der Waals surface area (Å²) >= 11 is 7.39. The number of piperazine rings is 1. The summed E-state index contributed by atoms with van der Waals surface area (Å²) in [6, 6.07) is 1.78. The summed E-state index contributed by atoms with van der Waals surface area (Å²) in [6.07, 6.45) is 2.12. The van der Waals surface area contributed by atoms with Crippen LogP contribution in [0.3, 0.4) is 0 Å². The van der Waals surface area contributed by atoms with E-state index < -0.39 is 0 Å². The number of amides is 2. The Labute approximate surface area is 127 Å². The molecule has 1 saturated heterocycles. The Morgan fingerprint density at radius 2 is 2.30 bits per heavy atom. The summed E-state index contributed by atoms with van der Waals surface area (Å²) in [5.41, 5.74) is 0.554. The van der Waals surface area contributed by atoms with Gasteiger partial charge in [0, 0.05) is 25.7 Å². The van der Waals surface area contributed by atoms with Crippen molar-refractivity contribution in [2.75, 3.05) is 19.6 Å². The third kappa shape index (κ3) is 2.88. The van der Waals surface area contributed by atoms with Gasteiger partial charge in [-0.05, 0) is 23.9 Å². The van der Waals surface area contributed by atoms with Crippen LogP contribution in [0.5, 0.6) is 0 Å². The first-order valence-corrected chi connectivity index (χ1v) is 7.79. The normalized spacial score (nSPS) is 19.0. The molecule has 1 aromatic heterocycles. The molecule has 0 spiro atoms. The quantitative estimate of drug-likeness (QED) is 0.805. The number of rotatable bonds is 3. The minimum absolute atomic E-state index is 0.0242. The van der Waals surface area contributed by atoms with Gasteiger partial charge in [-0.3, -0.25) is 9.59 Å². The Hall–Kier alpha value is -1.33. The number of nitrogens with zero attached hydrogens (tertiary/aromatic N) is 2. The molecule has 4 nitrogen and oxygen atoms in total. The van der Waals surface area contributed by atoms with Gasteiger partial charge in [-0.1, -0.05) is 25.1 Å². The number of thiophene rings is 1. The number of halogens is 1. The van der Waals surface area contributed by atoms with Crippen molar-refractivity contribution in [3.05, 3.63) is 34.0 Å². The minimum Gasteiger partial charge on any atom is -0.335 e. The summed E-state index contributed by atoms with van der Waals surface area (Å²) in [4.78, 5) is 27.8. The zero-order valence-electron chi connectivity index (χ0n) is 11.3. The number of carbonyl (C=O) groups is 2. The molecule has 2 rings (SSSR count). The second kappa shape index (κ2) is 6.41. The summed E-state index contributed by atoms with van der Waals surface area (Å²) in [6.45, 7) is 7.14. The van der Waals surface area contributed by atoms with Gasteiger partial charge in [0.1, 0.15) is 4.34 Å². The Bertz CT molecular complexity index is 529. The van der Waals surface area contributed by atoms with Gasteiger partial charge < -0.3 is 9.80 Å². The van der Waals surface area contributed by atoms with Gasteiger partial charge in [0.2, 0.25) is 5.91 Å². The maximum Gasteiger partial charge on any atom is 0.256 e. The smallest absolute Gasteiger partial charge is 0.256 e. The minimum atomic E-state index is -0.0795. The van der Waals surface area contributed by atoms with Crippen LogP contribution in [-0.4, -0.2) is 47.3 Å². The molecule has 0 radical (unpaired) electrons. The Balaban J connectivity index is 2.13. The number of carbonyl (C=O) groups excluding carboxylic acids is 2. The van der Waals surface area contributed by atoms with Gasteiger partial charge in [0.05, 0.1) is 5.56 Å². The van der Waals surface area contributed by atoms with Gasteiger partial charge >= 0.3 is 0 Å². The van der Waals surface area contributed by atoms with E-state index in [0.717, 1.165) is 6.42 Å². The van der Waals surface area contributed by atoms with Gasteiger partial charge in [-0.2, -0.15) is 0 Å². The zero-order chi connectivity index (χ0) is 14.7. The molecule has 20 heavy (non-hydrogen) atoms. The molecule has 108 valence electrons. The van der Waals surface area contributed by atoms with Crippen LogP contribution < -0.4 is 0 Å². The summed E-state index contributed by atoms with van der Waals surface area (Å²) in [5.74, 6) is -0.127. The van der Waals surface area contributed by atoms with Crippen LogP contribution in [0.1, 0.15) is 23.7 Å². The van der Waals surface area contributed by atoms with Crippen LogP contribution in [0.25, 0.3) is 0 Å². The molecule has 0 saturated carbocycles. The van der Waals surface area contributed by atoms with E-state index in [1.54, 1.807) is 11.0 Å². The average molecular weight is 313 g/mol. The fraction of sp³-hybridized carbons (Fsp3) is 0.429. The highest BCUT2D eigenvalue weighted by Crippen LogP contribution is 2.26. The monoisotopic (exact) mass is 312 g/mol. The molecule has 2 amide bonds. The van der Waals surface area contributed by atoms with Crippen molar-refractivity contribution in [1.29, 1.82) is 0 Å². The predicted molar refractivity (Wildman–Crippen MR) is 81.2 cm³/mol. The molecule has 1 unspecified atom stereocenters. The molecule has 1 aliphatic rings. The van der Waals surface area contributed by atoms with Crippen molar-refractivity contribution in [2.45, 2.75) is 19.4 Å². The summed E-state index contributed by atoms with van der Waals surface area (Å²) in [5, 5.41) is 1.81. The topological polar surface area (TPSA) is 40.6 Å². The van der Waals surface area contributed by atoms with E-state index in [1.807, 2.05) is 17.2 Å². The summed E-state index contributed by atoms with van der Waals surface area (Å²) in [7, 11) is 0. The third-order valence-electron chi connectivity index (χ3n) is 3.55. The van der Waals surface area contributed by atoms with Crippen molar-refractivity contribution < 1.29 is 9.59 Å². The van der Waals surface area contributed by atoms with Crippen molar-refractivity contribution in [3.63, 3.8) is 0 Å². The Morgan fingerprint density at radius 3 is 2.85 bits per heavy atom. The Kier molecular flexibility index (Phi) is 4.83. The van der Waals surface area contributed by atoms with Gasteiger partial charge in [-0.25, -0.2) is 0 Å². The number of hydrogen-bond donors (Lipinski definition) is 0. The van der Waals surface area contributed by atoms with Gasteiger partial charge in [0.15, 0.2) is 0 Å². The lowest BCUT2D eigenvalue weighted by Crippen LogP contribution is -2.56. The SMILES string of the molecule is C=CC(=O)N1CCN(C(=O)c2ccsc2Cl)C(CC)C1. The lowest BCUT2D eigenvalue weighted by Gasteiger charge is -2.40. The lowest BCUT2D eigenvalue weighted by molar-refractivity contribution is -0.128. The van der Waals surface area contributed by atoms with Crippen LogP contribution in [-0.2, 0) is 4.79 Å². The standard InChI is InChI=1S/C14H17ClN2O2S/c1-3-10-9-16(12(18)4-2)6-7-17(10)14(19)11-5-8-20-13(11)15/h4-5,8,10H,2-3,6-7,9H2,1H3. The largest absolute Gasteiger partial charge is 0.335 e. The summed E-state index contributed by atoms with van der Waals surface area (Å²) < 4.78 is 0.523. The zero-order valence-corrected chi connectivity index (χ0v) is 12.9. The second-order valence-corrected chi connectivity index (χ2v) is 6.18. The van der Waals surface area contributed by atoms with E-state index in [0.29, 0.717) is 29.5 Å². The fourth-order valence-corrected chi connectivity index (χ4v) is 3.31. The molecule has 0 aromatic carbocycles. The first-order valence-electron chi connectivity index (χ1n) is 6.53. The average Bonchev–Trinajstić information content (AvgIpc) is 2.91. The maximum atomic E-state index is 12.5. The molecule has 0 aliphatic carbocycles. The van der Waals surface area contributed by atoms with Crippen LogP contribution in [0, 0.1) is 0 Å². The highest BCUT2D eigenvalue weighted by atomic mass is 35.5. The van der Waals surface area contributed by atoms with Crippen molar-refractivity contribution >= 4 is 34.8 Å². The molecule has 0 bridgehead atoms. The van der Waals surface area contributed by atoms with Crippen molar-refractivity contribution in [2.24, 2.45) is 0 Å². The molecule has 1 aliphatic heterocycles. The van der Waals surface area contributed by atoms with E-state index in [2.05, 4.69) is 6.58 Å². The highest BCUT2D eigenvalue weighted by molar-refractivity contribution is 7.14. The molecule has 6 heteroatoms. The van der Waals surface area contributed by atoms with E-state index in [4.69, 9.17) is 11.6 Å². The molecular weight excluding hydrogens is 296 g/mol. The molecule has 1 atom stereocenters. The number of hydrogen-bond acceptors (Lipinski definition) is 3. The van der Waals surface area contributed by atoms with Gasteiger partial charge in [-0.15, -0.1) is 11.3 Å². The highest BCUT2D eigenvalue weighted by Gasteiger charge is 2.32. The Morgan fingerprint density at radius 1 is 1.55 bits per heavy atom. The van der Waals surface area contributed by atoms with E-state index in [9.17, 15) is 9.59 Å². The van der Waals surface area contributed by atoms with Crippen LogP contribution >= 0.6 is 22.9 Å². The third-order valence-corrected chi connectivity index (χ3v) is 4.72. The van der Waals surface area contributed by atoms with Crippen molar-refractivity contribution in [1.82, 2.24) is 9.80 Å². The van der Waals surface area contributed by atoms with Gasteiger partial charge in [0.25, 0.3) is 5.91 Å². The van der Waals surface area contributed by atoms with E-state index in [1.165, 1.54) is 17.4 Å². The van der Waals surface area contributed by atoms with Crippen molar-refractivity contribution in [3.8, 4) is 0 Å². The van der Waals surface area contributed by atoms with Crippen LogP contribution in [0.2, 0.25) is 4.34 Å². The van der Waals surface area contributed by atoms with Crippen LogP contribution in [0.4, 0.5) is 0 Å². The van der Waals surface area contributed by atoms with E-state index in [-0.39, 0.29) is 17.9 Å². The lowest BCUT2D eigenvalue weighted by atomic mass is 10.1. The molecule has 2 heterocycles. The molecule has 1 aromatic rings. The fourth-order valence-electron chi connectivity index (χ4n) is 2.40. The molecule has 0 N–H and O–H groups in total.